The van der Waals surface area contributed by atoms with Crippen molar-refractivity contribution in [1.29, 1.82) is 0 Å². The summed E-state index contributed by atoms with van der Waals surface area (Å²) in [6.07, 6.45) is 6.28. The Bertz CT molecular complexity index is 1100. The molecule has 2 aromatic carbocycles. The molecule has 7 nitrogen and oxygen atoms in total. The second-order valence-electron chi connectivity index (χ2n) is 11.1. The SMILES string of the molecule is CN(C)C(c1ccccc1)C1CCC(CNC(=O)COCC2CCCN(S(=O)(=O)c3ccccc3)C2)CC1. The van der Waals surface area contributed by atoms with E-state index in [1.165, 1.54) is 18.4 Å². The number of nitrogens with one attached hydrogen (secondary N) is 1. The zero-order valence-electron chi connectivity index (χ0n) is 22.8. The number of carbonyl (C=O) groups excluding carboxylic acids is 1. The van der Waals surface area contributed by atoms with Crippen molar-refractivity contribution in [2.45, 2.75) is 49.5 Å². The van der Waals surface area contributed by atoms with Crippen LogP contribution in [0.4, 0.5) is 0 Å². The van der Waals surface area contributed by atoms with Crippen molar-refractivity contribution >= 4 is 15.9 Å². The van der Waals surface area contributed by atoms with Crippen LogP contribution in [0.3, 0.4) is 0 Å². The Morgan fingerprint density at radius 1 is 0.974 bits per heavy atom. The Kier molecular flexibility index (Phi) is 10.4. The average Bonchev–Trinajstić information content (AvgIpc) is 2.94. The number of amides is 1. The lowest BCUT2D eigenvalue weighted by Gasteiger charge is -2.37. The van der Waals surface area contributed by atoms with E-state index in [2.05, 4.69) is 54.6 Å². The van der Waals surface area contributed by atoms with Crippen LogP contribution in [0.25, 0.3) is 0 Å². The van der Waals surface area contributed by atoms with Crippen LogP contribution in [-0.4, -0.2) is 70.5 Å². The number of ether oxygens (including phenoxy) is 1. The third-order valence-electron chi connectivity index (χ3n) is 8.07. The summed E-state index contributed by atoms with van der Waals surface area (Å²) in [6.45, 7) is 2.06. The Labute approximate surface area is 228 Å². The van der Waals surface area contributed by atoms with Crippen LogP contribution < -0.4 is 5.32 Å². The van der Waals surface area contributed by atoms with Crippen molar-refractivity contribution in [2.75, 3.05) is 46.9 Å². The largest absolute Gasteiger partial charge is 0.371 e. The fraction of sp³-hybridized carbons (Fsp3) is 0.567. The van der Waals surface area contributed by atoms with Crippen molar-refractivity contribution in [3.63, 3.8) is 0 Å². The van der Waals surface area contributed by atoms with E-state index >= 15 is 0 Å². The van der Waals surface area contributed by atoms with Crippen LogP contribution >= 0.6 is 0 Å². The number of rotatable bonds is 11. The van der Waals surface area contributed by atoms with Crippen LogP contribution in [0.1, 0.15) is 50.1 Å². The van der Waals surface area contributed by atoms with Gasteiger partial charge in [0.1, 0.15) is 6.61 Å². The number of nitrogens with zero attached hydrogens (tertiary/aromatic N) is 2. The summed E-state index contributed by atoms with van der Waals surface area (Å²) in [6, 6.07) is 19.8. The molecule has 38 heavy (non-hydrogen) atoms. The molecule has 4 rings (SSSR count). The monoisotopic (exact) mass is 541 g/mol. The van der Waals surface area contributed by atoms with E-state index in [-0.39, 0.29) is 18.4 Å². The predicted octanol–water partition coefficient (Wildman–Crippen LogP) is 4.33. The lowest BCUT2D eigenvalue weighted by Crippen LogP contribution is -2.41. The van der Waals surface area contributed by atoms with E-state index < -0.39 is 10.0 Å². The molecule has 8 heteroatoms. The molecule has 2 atom stereocenters. The number of hydrogen-bond acceptors (Lipinski definition) is 5. The molecular weight excluding hydrogens is 498 g/mol. The van der Waals surface area contributed by atoms with Gasteiger partial charge in [0.15, 0.2) is 0 Å². The fourth-order valence-electron chi connectivity index (χ4n) is 6.10. The van der Waals surface area contributed by atoms with Gasteiger partial charge in [-0.25, -0.2) is 8.42 Å². The van der Waals surface area contributed by atoms with Gasteiger partial charge >= 0.3 is 0 Å². The summed E-state index contributed by atoms with van der Waals surface area (Å²) in [4.78, 5) is 15.1. The van der Waals surface area contributed by atoms with E-state index in [0.717, 1.165) is 25.7 Å². The van der Waals surface area contributed by atoms with Gasteiger partial charge < -0.3 is 15.0 Å². The Morgan fingerprint density at radius 3 is 2.29 bits per heavy atom. The Balaban J connectivity index is 1.15. The summed E-state index contributed by atoms with van der Waals surface area (Å²) in [5, 5.41) is 3.06. The molecule has 2 unspecified atom stereocenters. The highest BCUT2D eigenvalue weighted by Crippen LogP contribution is 2.39. The first-order valence-corrected chi connectivity index (χ1v) is 15.4. The van der Waals surface area contributed by atoms with Gasteiger partial charge in [0.05, 0.1) is 11.5 Å². The van der Waals surface area contributed by atoms with E-state index in [1.54, 1.807) is 28.6 Å². The Hall–Kier alpha value is -2.26. The molecule has 1 N–H and O–H groups in total. The normalized spacial score (nSPS) is 23.7. The fourth-order valence-corrected chi connectivity index (χ4v) is 7.68. The maximum absolute atomic E-state index is 12.9. The van der Waals surface area contributed by atoms with Gasteiger partial charge in [0.2, 0.25) is 15.9 Å². The molecule has 2 aromatic rings. The second-order valence-corrected chi connectivity index (χ2v) is 13.0. The molecule has 2 aliphatic rings. The quantitative estimate of drug-likeness (QED) is 0.458. The molecule has 1 aliphatic heterocycles. The van der Waals surface area contributed by atoms with E-state index in [1.807, 2.05) is 6.07 Å². The summed E-state index contributed by atoms with van der Waals surface area (Å²) in [5.74, 6) is 1.14. The summed E-state index contributed by atoms with van der Waals surface area (Å²) < 4.78 is 33.1. The number of carbonyl (C=O) groups is 1. The molecule has 1 amide bonds. The van der Waals surface area contributed by atoms with Gasteiger partial charge in [0.25, 0.3) is 0 Å². The third kappa shape index (κ3) is 7.65. The third-order valence-corrected chi connectivity index (χ3v) is 9.95. The van der Waals surface area contributed by atoms with Crippen molar-refractivity contribution in [1.82, 2.24) is 14.5 Å². The molecule has 0 aromatic heterocycles. The lowest BCUT2D eigenvalue weighted by molar-refractivity contribution is -0.126. The van der Waals surface area contributed by atoms with Gasteiger partial charge in [-0.1, -0.05) is 48.5 Å². The van der Waals surface area contributed by atoms with Crippen LogP contribution in [0.2, 0.25) is 0 Å². The van der Waals surface area contributed by atoms with Crippen LogP contribution in [0.15, 0.2) is 65.6 Å². The summed E-state index contributed by atoms with van der Waals surface area (Å²) >= 11 is 0. The van der Waals surface area contributed by atoms with Crippen LogP contribution in [0.5, 0.6) is 0 Å². The van der Waals surface area contributed by atoms with Gasteiger partial charge in [-0.3, -0.25) is 4.79 Å². The molecule has 0 spiro atoms. The van der Waals surface area contributed by atoms with Crippen LogP contribution in [-0.2, 0) is 19.6 Å². The number of hydrogen-bond donors (Lipinski definition) is 1. The molecule has 0 bridgehead atoms. The summed E-state index contributed by atoms with van der Waals surface area (Å²) in [7, 11) is 0.836. The maximum atomic E-state index is 12.9. The van der Waals surface area contributed by atoms with Gasteiger partial charge in [-0.2, -0.15) is 4.31 Å². The Morgan fingerprint density at radius 2 is 1.63 bits per heavy atom. The highest BCUT2D eigenvalue weighted by Gasteiger charge is 2.31. The zero-order valence-corrected chi connectivity index (χ0v) is 23.6. The molecular formula is C30H43N3O4S. The predicted molar refractivity (Wildman–Crippen MR) is 150 cm³/mol. The van der Waals surface area contributed by atoms with Gasteiger partial charge in [-0.05, 0) is 88.1 Å². The van der Waals surface area contributed by atoms with Gasteiger partial charge in [0, 0.05) is 25.7 Å². The van der Waals surface area contributed by atoms with Crippen molar-refractivity contribution in [2.24, 2.45) is 17.8 Å². The standard InChI is InChI=1S/C30H43N3O4S/c1-32(2)30(26-11-5-3-6-12-26)27-17-15-24(16-18-27)20-31-29(34)23-37-22-25-10-9-19-33(21-25)38(35,36)28-13-7-4-8-14-28/h3-8,11-14,24-25,27,30H,9-10,15-23H2,1-2H3,(H,31,34). The molecule has 1 aliphatic carbocycles. The van der Waals surface area contributed by atoms with Crippen molar-refractivity contribution in [3.05, 3.63) is 66.2 Å². The maximum Gasteiger partial charge on any atom is 0.246 e. The molecule has 208 valence electrons. The molecule has 1 heterocycles. The van der Waals surface area contributed by atoms with Crippen molar-refractivity contribution in [3.8, 4) is 0 Å². The topological polar surface area (TPSA) is 79.0 Å². The van der Waals surface area contributed by atoms with E-state index in [4.69, 9.17) is 4.74 Å². The number of piperidine rings is 1. The average molecular weight is 542 g/mol. The minimum atomic E-state index is -3.49. The first-order chi connectivity index (χ1) is 18.3. The van der Waals surface area contributed by atoms with Crippen LogP contribution in [0, 0.1) is 17.8 Å². The zero-order chi connectivity index (χ0) is 27.0. The summed E-state index contributed by atoms with van der Waals surface area (Å²) in [5.41, 5.74) is 1.38. The minimum Gasteiger partial charge on any atom is -0.371 e. The number of benzene rings is 2. The highest BCUT2D eigenvalue weighted by atomic mass is 32.2. The minimum absolute atomic E-state index is 0.0218. The molecule has 2 fully saturated rings. The first-order valence-electron chi connectivity index (χ1n) is 14.0. The lowest BCUT2D eigenvalue weighted by atomic mass is 9.76. The van der Waals surface area contributed by atoms with E-state index in [9.17, 15) is 13.2 Å². The van der Waals surface area contributed by atoms with Gasteiger partial charge in [-0.15, -0.1) is 0 Å². The number of sulfonamides is 1. The second kappa shape index (κ2) is 13.7. The van der Waals surface area contributed by atoms with Crippen molar-refractivity contribution < 1.29 is 17.9 Å². The first kappa shape index (κ1) is 28.7. The smallest absolute Gasteiger partial charge is 0.246 e. The molecule has 1 saturated heterocycles. The molecule has 1 saturated carbocycles. The molecule has 0 radical (unpaired) electrons. The highest BCUT2D eigenvalue weighted by molar-refractivity contribution is 7.89. The van der Waals surface area contributed by atoms with E-state index in [0.29, 0.717) is 49.0 Å².